The third-order valence-corrected chi connectivity index (χ3v) is 7.95. The number of carbonyl (C=O) groups is 1. The second kappa shape index (κ2) is 10.0. The highest BCUT2D eigenvalue weighted by Crippen LogP contribution is 2.27. The molecule has 32 heavy (non-hydrogen) atoms. The summed E-state index contributed by atoms with van der Waals surface area (Å²) in [7, 11) is -3.56. The van der Waals surface area contributed by atoms with Crippen molar-refractivity contribution in [3.63, 3.8) is 0 Å². The normalized spacial score (nSPS) is 18.5. The summed E-state index contributed by atoms with van der Waals surface area (Å²) in [5.41, 5.74) is 1.15. The van der Waals surface area contributed by atoms with E-state index in [0.717, 1.165) is 32.1 Å². The van der Waals surface area contributed by atoms with Gasteiger partial charge >= 0.3 is 0 Å². The molecule has 2 aliphatic rings. The molecule has 1 aliphatic carbocycles. The first-order chi connectivity index (χ1) is 15.4. The molecule has 172 valence electrons. The number of hydrogen-bond donors (Lipinski definition) is 2. The van der Waals surface area contributed by atoms with Crippen LogP contribution in [0.2, 0.25) is 0 Å². The lowest BCUT2D eigenvalue weighted by Gasteiger charge is -2.33. The molecular weight excluding hydrogens is 429 g/mol. The van der Waals surface area contributed by atoms with Crippen molar-refractivity contribution < 1.29 is 17.6 Å². The van der Waals surface area contributed by atoms with Gasteiger partial charge in [0.05, 0.1) is 10.6 Å². The molecule has 8 heteroatoms. The number of anilines is 2. The summed E-state index contributed by atoms with van der Waals surface area (Å²) in [6.07, 6.45) is 6.30. The van der Waals surface area contributed by atoms with Gasteiger partial charge in [0, 0.05) is 30.7 Å². The minimum absolute atomic E-state index is 0.00311. The Kier molecular flexibility index (Phi) is 7.10. The third kappa shape index (κ3) is 5.48. The quantitative estimate of drug-likeness (QED) is 0.676. The van der Waals surface area contributed by atoms with E-state index in [1.54, 1.807) is 24.3 Å². The van der Waals surface area contributed by atoms with Gasteiger partial charge in [0.25, 0.3) is 0 Å². The first kappa shape index (κ1) is 22.7. The molecule has 0 spiro atoms. The largest absolute Gasteiger partial charge is 0.369 e. The van der Waals surface area contributed by atoms with Gasteiger partial charge in [-0.05, 0) is 62.1 Å². The van der Waals surface area contributed by atoms with E-state index in [-0.39, 0.29) is 28.6 Å². The molecule has 1 aliphatic heterocycles. The van der Waals surface area contributed by atoms with Crippen molar-refractivity contribution in [3.05, 3.63) is 54.3 Å². The smallest absolute Gasteiger partial charge is 0.240 e. The van der Waals surface area contributed by atoms with Gasteiger partial charge in [-0.15, -0.1) is 0 Å². The predicted molar refractivity (Wildman–Crippen MR) is 124 cm³/mol. The fourth-order valence-corrected chi connectivity index (χ4v) is 5.87. The monoisotopic (exact) mass is 459 g/mol. The highest BCUT2D eigenvalue weighted by molar-refractivity contribution is 7.89. The fourth-order valence-electron chi connectivity index (χ4n) is 4.56. The Morgan fingerprint density at radius 1 is 0.906 bits per heavy atom. The Morgan fingerprint density at radius 2 is 1.56 bits per heavy atom. The van der Waals surface area contributed by atoms with Crippen molar-refractivity contribution in [2.45, 2.75) is 55.9 Å². The second-order valence-corrected chi connectivity index (χ2v) is 10.4. The van der Waals surface area contributed by atoms with Crippen LogP contribution in [0.1, 0.15) is 44.9 Å². The van der Waals surface area contributed by atoms with Crippen LogP contribution >= 0.6 is 0 Å². The molecule has 1 heterocycles. The predicted octanol–water partition coefficient (Wildman–Crippen LogP) is 4.29. The average molecular weight is 460 g/mol. The summed E-state index contributed by atoms with van der Waals surface area (Å²) in [6.45, 7) is 1.23. The number of nitrogens with one attached hydrogen (secondary N) is 2. The fraction of sp³-hybridized carbons (Fsp3) is 0.458. The molecule has 1 saturated carbocycles. The standard InChI is InChI=1S/C24H30FN3O3S/c25-22-8-4-5-9-23(22)28-16-14-18(15-17-28)24(29)26-19-10-12-21(13-11-19)32(30,31)27-20-6-2-1-3-7-20/h4-5,8-13,18,20,27H,1-3,6-7,14-17H2,(H,26,29). The van der Waals surface area contributed by atoms with E-state index in [1.165, 1.54) is 18.2 Å². The van der Waals surface area contributed by atoms with E-state index in [1.807, 2.05) is 11.0 Å². The molecule has 0 unspecified atom stereocenters. The first-order valence-corrected chi connectivity index (χ1v) is 12.8. The van der Waals surface area contributed by atoms with Crippen LogP contribution in [0.25, 0.3) is 0 Å². The van der Waals surface area contributed by atoms with Gasteiger partial charge in [-0.3, -0.25) is 4.79 Å². The lowest BCUT2D eigenvalue weighted by Crippen LogP contribution is -2.38. The highest BCUT2D eigenvalue weighted by Gasteiger charge is 2.26. The zero-order chi connectivity index (χ0) is 22.6. The molecule has 6 nitrogen and oxygen atoms in total. The van der Waals surface area contributed by atoms with Crippen molar-refractivity contribution in [3.8, 4) is 0 Å². The molecule has 2 aromatic carbocycles. The van der Waals surface area contributed by atoms with Crippen LogP contribution in [0.5, 0.6) is 0 Å². The van der Waals surface area contributed by atoms with Crippen molar-refractivity contribution in [1.29, 1.82) is 0 Å². The number of halogens is 1. The summed E-state index contributed by atoms with van der Waals surface area (Å²) in [5, 5.41) is 2.89. The number of benzene rings is 2. The van der Waals surface area contributed by atoms with Crippen LogP contribution in [-0.4, -0.2) is 33.5 Å². The van der Waals surface area contributed by atoms with Gasteiger partial charge in [0.2, 0.25) is 15.9 Å². The number of nitrogens with zero attached hydrogens (tertiary/aromatic N) is 1. The van der Waals surface area contributed by atoms with Crippen LogP contribution < -0.4 is 14.9 Å². The van der Waals surface area contributed by atoms with E-state index in [9.17, 15) is 17.6 Å². The van der Waals surface area contributed by atoms with Crippen LogP contribution in [0.15, 0.2) is 53.4 Å². The van der Waals surface area contributed by atoms with Crippen molar-refractivity contribution in [1.82, 2.24) is 4.72 Å². The minimum atomic E-state index is -3.56. The lowest BCUT2D eigenvalue weighted by atomic mass is 9.95. The summed E-state index contributed by atoms with van der Waals surface area (Å²) in [5.74, 6) is -0.494. The number of rotatable bonds is 6. The number of hydrogen-bond acceptors (Lipinski definition) is 4. The second-order valence-electron chi connectivity index (χ2n) is 8.68. The van der Waals surface area contributed by atoms with Crippen LogP contribution in [0.4, 0.5) is 15.8 Å². The Balaban J connectivity index is 1.31. The van der Waals surface area contributed by atoms with E-state index < -0.39 is 10.0 Å². The number of amides is 1. The summed E-state index contributed by atoms with van der Waals surface area (Å²) in [6, 6.07) is 13.0. The Bertz CT molecular complexity index is 1030. The maximum Gasteiger partial charge on any atom is 0.240 e. The van der Waals surface area contributed by atoms with Crippen LogP contribution in [0, 0.1) is 11.7 Å². The molecule has 0 atom stereocenters. The van der Waals surface area contributed by atoms with E-state index >= 15 is 0 Å². The summed E-state index contributed by atoms with van der Waals surface area (Å²) >= 11 is 0. The van der Waals surface area contributed by atoms with Gasteiger partial charge < -0.3 is 10.2 Å². The highest BCUT2D eigenvalue weighted by atomic mass is 32.2. The maximum atomic E-state index is 14.0. The number of carbonyl (C=O) groups excluding carboxylic acids is 1. The van der Waals surface area contributed by atoms with Crippen LogP contribution in [0.3, 0.4) is 0 Å². The van der Waals surface area contributed by atoms with Gasteiger partial charge in [-0.25, -0.2) is 17.5 Å². The molecule has 4 rings (SSSR count). The van der Waals surface area contributed by atoms with Gasteiger partial charge in [0.1, 0.15) is 5.82 Å². The van der Waals surface area contributed by atoms with E-state index in [4.69, 9.17) is 0 Å². The number of para-hydroxylation sites is 1. The minimum Gasteiger partial charge on any atom is -0.369 e. The Morgan fingerprint density at radius 3 is 2.22 bits per heavy atom. The van der Waals surface area contributed by atoms with Crippen molar-refractivity contribution in [2.75, 3.05) is 23.3 Å². The molecule has 0 radical (unpaired) electrons. The van der Waals surface area contributed by atoms with Gasteiger partial charge in [-0.2, -0.15) is 0 Å². The van der Waals surface area contributed by atoms with Crippen molar-refractivity contribution >= 4 is 27.3 Å². The number of piperidine rings is 1. The number of sulfonamides is 1. The molecule has 2 N–H and O–H groups in total. The third-order valence-electron chi connectivity index (χ3n) is 6.42. The van der Waals surface area contributed by atoms with E-state index in [2.05, 4.69) is 10.0 Å². The zero-order valence-corrected chi connectivity index (χ0v) is 18.9. The SMILES string of the molecule is O=C(Nc1ccc(S(=O)(=O)NC2CCCCC2)cc1)C1CCN(c2ccccc2F)CC1. The maximum absolute atomic E-state index is 14.0. The summed E-state index contributed by atoms with van der Waals surface area (Å²) in [4.78, 5) is 14.9. The van der Waals surface area contributed by atoms with Crippen molar-refractivity contribution in [2.24, 2.45) is 5.92 Å². The first-order valence-electron chi connectivity index (χ1n) is 11.3. The van der Waals surface area contributed by atoms with E-state index in [0.29, 0.717) is 37.3 Å². The van der Waals surface area contributed by atoms with Crippen LogP contribution in [-0.2, 0) is 14.8 Å². The Labute approximate surface area is 189 Å². The lowest BCUT2D eigenvalue weighted by molar-refractivity contribution is -0.120. The Hall–Kier alpha value is -2.45. The molecule has 2 fully saturated rings. The van der Waals surface area contributed by atoms with Gasteiger partial charge in [0.15, 0.2) is 0 Å². The van der Waals surface area contributed by atoms with Gasteiger partial charge in [-0.1, -0.05) is 31.4 Å². The molecule has 1 amide bonds. The molecule has 0 bridgehead atoms. The molecule has 2 aromatic rings. The molecule has 0 aromatic heterocycles. The topological polar surface area (TPSA) is 78.5 Å². The molecule has 1 saturated heterocycles. The molecular formula is C24H30FN3O3S. The average Bonchev–Trinajstić information content (AvgIpc) is 2.80. The zero-order valence-electron chi connectivity index (χ0n) is 18.1. The summed E-state index contributed by atoms with van der Waals surface area (Å²) < 4.78 is 42.0.